The lowest BCUT2D eigenvalue weighted by Crippen LogP contribution is -2.47. The van der Waals surface area contributed by atoms with Crippen molar-refractivity contribution >= 4 is 21.6 Å². The quantitative estimate of drug-likeness (QED) is 0.129. The summed E-state index contributed by atoms with van der Waals surface area (Å²) in [4.78, 5) is 13.9. The summed E-state index contributed by atoms with van der Waals surface area (Å²) in [5.74, 6) is -2.40. The van der Waals surface area contributed by atoms with Gasteiger partial charge in [-0.1, -0.05) is 59.9 Å². The number of halogens is 1. The molecule has 0 bridgehead atoms. The molecule has 9 heteroatoms. The molecule has 4 aromatic rings. The van der Waals surface area contributed by atoms with E-state index in [1.54, 1.807) is 18.2 Å². The van der Waals surface area contributed by atoms with Crippen LogP contribution in [0.3, 0.4) is 0 Å². The number of rotatable bonds is 12. The number of aromatic hydroxyl groups is 1. The van der Waals surface area contributed by atoms with Gasteiger partial charge in [0.1, 0.15) is 17.1 Å². The fourth-order valence-corrected chi connectivity index (χ4v) is 5.04. The first-order valence-electron chi connectivity index (χ1n) is 11.9. The van der Waals surface area contributed by atoms with E-state index < -0.39 is 5.91 Å². The van der Waals surface area contributed by atoms with Gasteiger partial charge in [0.2, 0.25) is 5.91 Å². The number of fused-ring (bicyclic) bond motifs is 1. The Labute approximate surface area is 212 Å². The van der Waals surface area contributed by atoms with Crippen LogP contribution in [-0.2, 0) is 25.7 Å². The fraction of sp³-hybridized carbons (Fsp3) is 0.296. The number of benzene rings is 3. The molecule has 36 heavy (non-hydrogen) atoms. The van der Waals surface area contributed by atoms with Gasteiger partial charge in [0.25, 0.3) is 0 Å². The average molecular weight is 512 g/mol. The normalized spacial score (nSPS) is 11.9. The highest BCUT2D eigenvalue weighted by atomic mass is 32.1. The molecule has 1 aromatic heterocycles. The van der Waals surface area contributed by atoms with Crippen molar-refractivity contribution < 1.29 is 19.7 Å². The molecule has 0 atom stereocenters. The molecule has 0 fully saturated rings. The van der Waals surface area contributed by atoms with Crippen LogP contribution >= 0.6 is 11.3 Å². The molecule has 0 saturated carbocycles. The summed E-state index contributed by atoms with van der Waals surface area (Å²) in [5, 5.41) is 37.0. The molecule has 7 nitrogen and oxygen atoms in total. The van der Waals surface area contributed by atoms with Crippen LogP contribution in [0.5, 0.6) is 5.75 Å². The molecule has 0 unspecified atom stereocenters. The Balaban J connectivity index is 1.23. The van der Waals surface area contributed by atoms with Crippen molar-refractivity contribution in [1.82, 2.24) is 15.6 Å². The Hall–Kier alpha value is -3.08. The number of aliphatic hydroxyl groups is 2. The van der Waals surface area contributed by atoms with E-state index in [2.05, 4.69) is 27.8 Å². The van der Waals surface area contributed by atoms with Crippen LogP contribution in [0.25, 0.3) is 10.2 Å². The topological polar surface area (TPSA) is 118 Å². The molecular formula is C27H30FN3O4S. The molecule has 190 valence electrons. The Kier molecular flexibility index (Phi) is 8.50. The van der Waals surface area contributed by atoms with Gasteiger partial charge in [-0.25, -0.2) is 4.39 Å². The Morgan fingerprint density at radius 3 is 2.39 bits per heavy atom. The molecule has 0 amide bonds. The SMILES string of the molecule is O=c1[nH]c2c(O)ccc(CC(O)(O)NCCc3cccc(CCNCCc4ccccc4F)c3)c2s1. The van der Waals surface area contributed by atoms with Crippen LogP contribution in [0.4, 0.5) is 4.39 Å². The van der Waals surface area contributed by atoms with Gasteiger partial charge in [0.15, 0.2) is 0 Å². The minimum Gasteiger partial charge on any atom is -0.506 e. The largest absolute Gasteiger partial charge is 0.506 e. The number of aromatic amines is 1. The molecule has 3 aromatic carbocycles. The van der Waals surface area contributed by atoms with Crippen LogP contribution in [0.15, 0.2) is 65.5 Å². The lowest BCUT2D eigenvalue weighted by molar-refractivity contribution is -0.183. The smallest absolute Gasteiger partial charge is 0.305 e. The van der Waals surface area contributed by atoms with Gasteiger partial charge in [-0.05, 0) is 66.7 Å². The number of phenolic OH excluding ortho intramolecular Hbond substituents is 1. The standard InChI is InChI=1S/C27H30FN3O4S/c28-22-7-2-1-6-20(22)12-14-29-13-10-18-4-3-5-19(16-18)11-15-30-27(34,35)17-21-8-9-23(32)24-25(21)36-26(33)31-24/h1-9,16,29-30,32,34-35H,10-15,17H2,(H,31,33). The first kappa shape index (κ1) is 26.0. The van der Waals surface area contributed by atoms with Gasteiger partial charge in [-0.15, -0.1) is 0 Å². The number of phenols is 1. The van der Waals surface area contributed by atoms with E-state index in [4.69, 9.17) is 0 Å². The average Bonchev–Trinajstić information content (AvgIpc) is 3.25. The molecule has 0 spiro atoms. The monoisotopic (exact) mass is 511 g/mol. The summed E-state index contributed by atoms with van der Waals surface area (Å²) < 4.78 is 14.2. The fourth-order valence-electron chi connectivity index (χ4n) is 4.17. The zero-order valence-electron chi connectivity index (χ0n) is 19.8. The Morgan fingerprint density at radius 2 is 1.61 bits per heavy atom. The lowest BCUT2D eigenvalue weighted by Gasteiger charge is -2.23. The number of thiazole rings is 1. The van der Waals surface area contributed by atoms with E-state index in [0.717, 1.165) is 29.9 Å². The number of nitrogens with one attached hydrogen (secondary N) is 3. The second-order valence-electron chi connectivity index (χ2n) is 8.79. The molecule has 1 heterocycles. The molecule has 0 aliphatic heterocycles. The van der Waals surface area contributed by atoms with Crippen LogP contribution in [0, 0.1) is 5.82 Å². The molecule has 4 rings (SSSR count). The number of aromatic nitrogens is 1. The van der Waals surface area contributed by atoms with Gasteiger partial charge in [0, 0.05) is 13.0 Å². The molecule has 0 aliphatic rings. The van der Waals surface area contributed by atoms with Crippen molar-refractivity contribution in [3.05, 3.63) is 98.4 Å². The zero-order chi connectivity index (χ0) is 25.5. The summed E-state index contributed by atoms with van der Waals surface area (Å²) in [6.45, 7) is 1.81. The molecule has 0 saturated heterocycles. The van der Waals surface area contributed by atoms with Crippen LogP contribution < -0.4 is 15.5 Å². The second kappa shape index (κ2) is 11.8. The summed E-state index contributed by atoms with van der Waals surface area (Å²) in [6, 6.07) is 17.9. The van der Waals surface area contributed by atoms with Gasteiger partial charge in [0.05, 0.1) is 4.70 Å². The second-order valence-corrected chi connectivity index (χ2v) is 9.78. The van der Waals surface area contributed by atoms with Gasteiger partial charge in [-0.2, -0.15) is 0 Å². The number of hydrogen-bond acceptors (Lipinski definition) is 7. The summed E-state index contributed by atoms with van der Waals surface area (Å²) in [6.07, 6.45) is 1.93. The third-order valence-corrected chi connectivity index (χ3v) is 6.97. The predicted molar refractivity (Wildman–Crippen MR) is 140 cm³/mol. The molecular weight excluding hydrogens is 481 g/mol. The highest BCUT2D eigenvalue weighted by molar-refractivity contribution is 7.16. The van der Waals surface area contributed by atoms with Crippen molar-refractivity contribution in [2.24, 2.45) is 0 Å². The van der Waals surface area contributed by atoms with Crippen molar-refractivity contribution in [2.45, 2.75) is 31.6 Å². The first-order valence-corrected chi connectivity index (χ1v) is 12.7. The predicted octanol–water partition coefficient (Wildman–Crippen LogP) is 2.82. The van der Waals surface area contributed by atoms with Crippen molar-refractivity contribution in [3.63, 3.8) is 0 Å². The third-order valence-electron chi connectivity index (χ3n) is 6.01. The van der Waals surface area contributed by atoms with Crippen LogP contribution in [-0.4, -0.2) is 45.8 Å². The van der Waals surface area contributed by atoms with E-state index in [1.807, 2.05) is 18.2 Å². The maximum Gasteiger partial charge on any atom is 0.305 e. The molecule has 6 N–H and O–H groups in total. The van der Waals surface area contributed by atoms with Crippen molar-refractivity contribution in [3.8, 4) is 5.75 Å². The molecule has 0 radical (unpaired) electrons. The lowest BCUT2D eigenvalue weighted by atomic mass is 10.1. The van der Waals surface area contributed by atoms with Crippen molar-refractivity contribution in [1.29, 1.82) is 0 Å². The zero-order valence-corrected chi connectivity index (χ0v) is 20.6. The summed E-state index contributed by atoms with van der Waals surface area (Å²) >= 11 is 0.922. The minimum absolute atomic E-state index is 0.0540. The number of hydrogen-bond donors (Lipinski definition) is 6. The minimum atomic E-state index is -2.17. The Bertz CT molecular complexity index is 1370. The highest BCUT2D eigenvalue weighted by Gasteiger charge is 2.25. The number of H-pyrrole nitrogens is 1. The van der Waals surface area contributed by atoms with Gasteiger partial charge < -0.3 is 25.6 Å². The maximum atomic E-state index is 13.7. The molecule has 0 aliphatic carbocycles. The van der Waals surface area contributed by atoms with Gasteiger partial charge >= 0.3 is 4.87 Å². The summed E-state index contributed by atoms with van der Waals surface area (Å²) in [7, 11) is 0. The van der Waals surface area contributed by atoms with E-state index >= 15 is 0 Å². The Morgan fingerprint density at radius 1 is 0.889 bits per heavy atom. The first-order chi connectivity index (χ1) is 17.3. The highest BCUT2D eigenvalue weighted by Crippen LogP contribution is 2.29. The van der Waals surface area contributed by atoms with E-state index in [-0.39, 0.29) is 22.9 Å². The van der Waals surface area contributed by atoms with E-state index in [9.17, 15) is 24.5 Å². The van der Waals surface area contributed by atoms with Crippen LogP contribution in [0.1, 0.15) is 22.3 Å². The van der Waals surface area contributed by atoms with Gasteiger partial charge in [-0.3, -0.25) is 10.1 Å². The van der Waals surface area contributed by atoms with Crippen LogP contribution in [0.2, 0.25) is 0 Å². The summed E-state index contributed by atoms with van der Waals surface area (Å²) in [5.41, 5.74) is 3.80. The van der Waals surface area contributed by atoms with E-state index in [0.29, 0.717) is 47.3 Å². The van der Waals surface area contributed by atoms with E-state index in [1.165, 1.54) is 17.7 Å². The maximum absolute atomic E-state index is 13.7. The third kappa shape index (κ3) is 6.99. The van der Waals surface area contributed by atoms with Crippen molar-refractivity contribution in [2.75, 3.05) is 19.6 Å².